The monoisotopic (exact) mass is 293 g/mol. The summed E-state index contributed by atoms with van der Waals surface area (Å²) in [6, 6.07) is 13.7. The summed E-state index contributed by atoms with van der Waals surface area (Å²) in [6.45, 7) is 3.22. The molecule has 0 unspecified atom stereocenters. The van der Waals surface area contributed by atoms with Crippen LogP contribution in [0.15, 0.2) is 48.5 Å². The first-order valence-electron chi connectivity index (χ1n) is 6.87. The second-order valence-corrected chi connectivity index (χ2v) is 5.11. The molecular formula is C17H18F3N. The minimum atomic E-state index is -4.28. The van der Waals surface area contributed by atoms with Crippen molar-refractivity contribution in [1.29, 1.82) is 0 Å². The van der Waals surface area contributed by atoms with Gasteiger partial charge in [0, 0.05) is 6.54 Å². The third-order valence-electron chi connectivity index (χ3n) is 3.26. The molecule has 0 bridgehead atoms. The van der Waals surface area contributed by atoms with Gasteiger partial charge in [-0.1, -0.05) is 48.0 Å². The lowest BCUT2D eigenvalue weighted by Gasteiger charge is -2.09. The molecule has 0 aromatic heterocycles. The van der Waals surface area contributed by atoms with E-state index in [1.807, 2.05) is 19.1 Å². The van der Waals surface area contributed by atoms with Gasteiger partial charge in [-0.05, 0) is 37.1 Å². The molecule has 0 saturated heterocycles. The van der Waals surface area contributed by atoms with E-state index in [-0.39, 0.29) is 0 Å². The fraction of sp³-hybridized carbons (Fsp3) is 0.294. The number of rotatable bonds is 5. The minimum absolute atomic E-state index is 0.440. The minimum Gasteiger partial charge on any atom is -0.312 e. The van der Waals surface area contributed by atoms with Crippen LogP contribution in [0.25, 0.3) is 0 Å². The maximum atomic E-state index is 12.6. The lowest BCUT2D eigenvalue weighted by molar-refractivity contribution is -0.137. The van der Waals surface area contributed by atoms with E-state index in [9.17, 15) is 13.2 Å². The van der Waals surface area contributed by atoms with Crippen molar-refractivity contribution in [1.82, 2.24) is 5.32 Å². The summed E-state index contributed by atoms with van der Waals surface area (Å²) >= 11 is 0. The second-order valence-electron chi connectivity index (χ2n) is 5.11. The van der Waals surface area contributed by atoms with E-state index < -0.39 is 11.7 Å². The normalized spacial score (nSPS) is 11.6. The quantitative estimate of drug-likeness (QED) is 0.808. The van der Waals surface area contributed by atoms with Crippen LogP contribution in [0.1, 0.15) is 22.3 Å². The van der Waals surface area contributed by atoms with Crippen LogP contribution in [0.5, 0.6) is 0 Å². The lowest BCUT2D eigenvalue weighted by Crippen LogP contribution is -2.17. The van der Waals surface area contributed by atoms with Gasteiger partial charge in [0.15, 0.2) is 0 Å². The van der Waals surface area contributed by atoms with E-state index >= 15 is 0 Å². The predicted molar refractivity (Wildman–Crippen MR) is 78.0 cm³/mol. The first-order chi connectivity index (χ1) is 9.95. The standard InChI is InChI=1S/C17H18F3N/c1-13-4-2-5-14(10-13)8-9-21-12-15-6-3-7-16(11-15)17(18,19)20/h2-7,10-11,21H,8-9,12H2,1H3. The molecule has 2 aromatic carbocycles. The van der Waals surface area contributed by atoms with Crippen LogP contribution in [0.3, 0.4) is 0 Å². The van der Waals surface area contributed by atoms with Gasteiger partial charge in [-0.15, -0.1) is 0 Å². The van der Waals surface area contributed by atoms with Crippen molar-refractivity contribution in [2.24, 2.45) is 0 Å². The summed E-state index contributed by atoms with van der Waals surface area (Å²) in [5.41, 5.74) is 2.49. The van der Waals surface area contributed by atoms with Gasteiger partial charge in [-0.25, -0.2) is 0 Å². The average Bonchev–Trinajstić information content (AvgIpc) is 2.43. The Morgan fingerprint density at radius 3 is 2.38 bits per heavy atom. The van der Waals surface area contributed by atoms with E-state index in [0.717, 1.165) is 19.0 Å². The zero-order valence-electron chi connectivity index (χ0n) is 11.9. The van der Waals surface area contributed by atoms with Crippen molar-refractivity contribution >= 4 is 0 Å². The van der Waals surface area contributed by atoms with Crippen molar-refractivity contribution < 1.29 is 13.2 Å². The Morgan fingerprint density at radius 2 is 1.67 bits per heavy atom. The molecule has 2 rings (SSSR count). The van der Waals surface area contributed by atoms with Crippen molar-refractivity contribution in [3.8, 4) is 0 Å². The van der Waals surface area contributed by atoms with Gasteiger partial charge in [0.05, 0.1) is 5.56 Å². The van der Waals surface area contributed by atoms with Crippen molar-refractivity contribution in [2.45, 2.75) is 26.1 Å². The molecule has 1 N–H and O–H groups in total. The molecule has 2 aromatic rings. The number of alkyl halides is 3. The molecule has 0 saturated carbocycles. The molecule has 0 aliphatic rings. The van der Waals surface area contributed by atoms with Gasteiger partial charge in [0.1, 0.15) is 0 Å². The second kappa shape index (κ2) is 6.76. The van der Waals surface area contributed by atoms with Gasteiger partial charge in [-0.3, -0.25) is 0 Å². The van der Waals surface area contributed by atoms with E-state index in [1.54, 1.807) is 6.07 Å². The summed E-state index contributed by atoms with van der Waals surface area (Å²) < 4.78 is 37.8. The van der Waals surface area contributed by atoms with Crippen LogP contribution in [0.4, 0.5) is 13.2 Å². The first-order valence-corrected chi connectivity index (χ1v) is 6.87. The number of benzene rings is 2. The Morgan fingerprint density at radius 1 is 0.952 bits per heavy atom. The number of hydrogen-bond donors (Lipinski definition) is 1. The Kier molecular flexibility index (Phi) is 5.02. The maximum Gasteiger partial charge on any atom is 0.416 e. The number of nitrogens with one attached hydrogen (secondary N) is 1. The van der Waals surface area contributed by atoms with Gasteiger partial charge < -0.3 is 5.32 Å². The molecule has 0 spiro atoms. The third-order valence-corrected chi connectivity index (χ3v) is 3.26. The Labute approximate surface area is 122 Å². The highest BCUT2D eigenvalue weighted by atomic mass is 19.4. The highest BCUT2D eigenvalue weighted by Gasteiger charge is 2.30. The molecule has 0 radical (unpaired) electrons. The smallest absolute Gasteiger partial charge is 0.312 e. The van der Waals surface area contributed by atoms with Crippen LogP contribution in [0.2, 0.25) is 0 Å². The molecule has 1 nitrogen and oxygen atoms in total. The summed E-state index contributed by atoms with van der Waals surface area (Å²) in [5.74, 6) is 0. The zero-order valence-corrected chi connectivity index (χ0v) is 11.9. The van der Waals surface area contributed by atoms with E-state index in [2.05, 4.69) is 17.4 Å². The number of aryl methyl sites for hydroxylation is 1. The fourth-order valence-electron chi connectivity index (χ4n) is 2.19. The fourth-order valence-corrected chi connectivity index (χ4v) is 2.19. The van der Waals surface area contributed by atoms with Gasteiger partial charge in [0.2, 0.25) is 0 Å². The molecule has 21 heavy (non-hydrogen) atoms. The third kappa shape index (κ3) is 4.90. The van der Waals surface area contributed by atoms with Crippen LogP contribution in [0, 0.1) is 6.92 Å². The van der Waals surface area contributed by atoms with Gasteiger partial charge >= 0.3 is 6.18 Å². The van der Waals surface area contributed by atoms with E-state index in [1.165, 1.54) is 23.3 Å². The first kappa shape index (κ1) is 15.6. The highest BCUT2D eigenvalue weighted by Crippen LogP contribution is 2.29. The van der Waals surface area contributed by atoms with E-state index in [0.29, 0.717) is 12.1 Å². The SMILES string of the molecule is Cc1cccc(CCNCc2cccc(C(F)(F)F)c2)c1. The summed E-state index contributed by atoms with van der Waals surface area (Å²) in [4.78, 5) is 0. The Hall–Kier alpha value is -1.81. The van der Waals surface area contributed by atoms with Gasteiger partial charge in [-0.2, -0.15) is 13.2 Å². The van der Waals surface area contributed by atoms with Crippen molar-refractivity contribution in [3.63, 3.8) is 0 Å². The summed E-state index contributed by atoms with van der Waals surface area (Å²) in [7, 11) is 0. The van der Waals surface area contributed by atoms with Crippen LogP contribution in [-0.4, -0.2) is 6.54 Å². The molecule has 0 heterocycles. The van der Waals surface area contributed by atoms with Crippen LogP contribution < -0.4 is 5.32 Å². The van der Waals surface area contributed by atoms with Crippen molar-refractivity contribution in [2.75, 3.05) is 6.54 Å². The maximum absolute atomic E-state index is 12.6. The largest absolute Gasteiger partial charge is 0.416 e. The van der Waals surface area contributed by atoms with E-state index in [4.69, 9.17) is 0 Å². The zero-order chi connectivity index (χ0) is 15.3. The molecule has 112 valence electrons. The Bertz CT molecular complexity index is 591. The molecule has 4 heteroatoms. The Balaban J connectivity index is 1.84. The summed E-state index contributed by atoms with van der Waals surface area (Å²) in [5, 5.41) is 3.18. The number of halogens is 3. The summed E-state index contributed by atoms with van der Waals surface area (Å²) in [6.07, 6.45) is -3.42. The number of hydrogen-bond acceptors (Lipinski definition) is 1. The molecule has 0 aliphatic carbocycles. The van der Waals surface area contributed by atoms with Crippen LogP contribution in [-0.2, 0) is 19.1 Å². The van der Waals surface area contributed by atoms with Gasteiger partial charge in [0.25, 0.3) is 0 Å². The lowest BCUT2D eigenvalue weighted by atomic mass is 10.1. The molecule has 0 atom stereocenters. The van der Waals surface area contributed by atoms with Crippen LogP contribution >= 0.6 is 0 Å². The topological polar surface area (TPSA) is 12.0 Å². The molecular weight excluding hydrogens is 275 g/mol. The molecule has 0 fully saturated rings. The average molecular weight is 293 g/mol. The van der Waals surface area contributed by atoms with Crippen molar-refractivity contribution in [3.05, 3.63) is 70.8 Å². The molecule has 0 amide bonds. The molecule has 0 aliphatic heterocycles. The predicted octanol–water partition coefficient (Wildman–Crippen LogP) is 4.35. The highest BCUT2D eigenvalue weighted by molar-refractivity contribution is 5.26.